The van der Waals surface area contributed by atoms with E-state index in [1.165, 1.54) is 11.1 Å². The molecule has 0 radical (unpaired) electrons. The van der Waals surface area contributed by atoms with Crippen molar-refractivity contribution in [2.24, 2.45) is 0 Å². The summed E-state index contributed by atoms with van der Waals surface area (Å²) < 4.78 is 0. The van der Waals surface area contributed by atoms with Gasteiger partial charge in [0.05, 0.1) is 22.1 Å². The van der Waals surface area contributed by atoms with Crippen LogP contribution in [0, 0.1) is 48.4 Å². The molecular weight excluding hydrogens is 436 g/mol. The summed E-state index contributed by atoms with van der Waals surface area (Å²) in [4.78, 5) is 7.35. The van der Waals surface area contributed by atoms with Crippen molar-refractivity contribution in [1.29, 1.82) is 0 Å². The molecule has 2 N–H and O–H groups in total. The van der Waals surface area contributed by atoms with Gasteiger partial charge in [0.1, 0.15) is 0 Å². The summed E-state index contributed by atoms with van der Waals surface area (Å²) in [5, 5.41) is 4.57. The summed E-state index contributed by atoms with van der Waals surface area (Å²) in [5.41, 5.74) is 8.28. The van der Waals surface area contributed by atoms with Gasteiger partial charge in [0, 0.05) is 32.7 Å². The fraction of sp³-hybridized carbons (Fsp3) is 0.235. The van der Waals surface area contributed by atoms with Gasteiger partial charge in [0.15, 0.2) is 0 Å². The molecule has 174 valence electrons. The Hall–Kier alpha value is -4.50. The molecule has 3 aromatic carbocycles. The summed E-state index contributed by atoms with van der Waals surface area (Å²) in [6, 6.07) is 13.2. The third kappa shape index (κ3) is 3.70. The average Bonchev–Trinajstić information content (AvgIpc) is 3.38. The second kappa shape index (κ2) is 8.03. The summed E-state index contributed by atoms with van der Waals surface area (Å²) in [7, 11) is 0. The molecule has 0 fully saturated rings. The van der Waals surface area contributed by atoms with Crippen LogP contribution < -0.4 is 0 Å². The second-order valence-corrected chi connectivity index (χ2v) is 11.3. The minimum absolute atomic E-state index is 0.0243. The molecule has 0 aliphatic carbocycles. The first-order chi connectivity index (χ1) is 17.0. The molecule has 0 atom stereocenters. The minimum atomic E-state index is -0.0243. The summed E-state index contributed by atoms with van der Waals surface area (Å²) >= 11 is 0. The van der Waals surface area contributed by atoms with Crippen LogP contribution in [0.5, 0.6) is 0 Å². The van der Waals surface area contributed by atoms with Crippen LogP contribution in [-0.4, -0.2) is 9.97 Å². The lowest BCUT2D eigenvalue weighted by atomic mass is 9.85. The molecule has 0 aliphatic rings. The lowest BCUT2D eigenvalue weighted by molar-refractivity contribution is 0.590. The van der Waals surface area contributed by atoms with Gasteiger partial charge in [-0.25, -0.2) is 0 Å². The SMILES string of the molecule is C#CC#Cc1cc(C(C)(C)C)cc2c1[nH]c1c2ccc2c3cc(C(C)(C)C)cc(C#CC#C)c3[nH]c21. The van der Waals surface area contributed by atoms with Crippen molar-refractivity contribution in [1.82, 2.24) is 9.97 Å². The predicted octanol–water partition coefficient (Wildman–Crippen LogP) is 7.52. The van der Waals surface area contributed by atoms with Crippen molar-refractivity contribution in [3.63, 3.8) is 0 Å². The van der Waals surface area contributed by atoms with Crippen molar-refractivity contribution in [2.45, 2.75) is 52.4 Å². The van der Waals surface area contributed by atoms with Gasteiger partial charge in [-0.3, -0.25) is 0 Å². The van der Waals surface area contributed by atoms with Crippen LogP contribution in [-0.2, 0) is 10.8 Å². The zero-order valence-electron chi connectivity index (χ0n) is 21.6. The largest absolute Gasteiger partial charge is 0.352 e. The molecule has 0 aliphatic heterocycles. The van der Waals surface area contributed by atoms with Crippen LogP contribution >= 0.6 is 0 Å². The molecular formula is C34H28N2. The van der Waals surface area contributed by atoms with Crippen molar-refractivity contribution >= 4 is 43.6 Å². The zero-order valence-corrected chi connectivity index (χ0v) is 21.6. The van der Waals surface area contributed by atoms with E-state index in [0.717, 1.165) is 54.7 Å². The van der Waals surface area contributed by atoms with E-state index in [4.69, 9.17) is 12.8 Å². The third-order valence-corrected chi connectivity index (χ3v) is 6.83. The number of fused-ring (bicyclic) bond motifs is 7. The van der Waals surface area contributed by atoms with E-state index < -0.39 is 0 Å². The van der Waals surface area contributed by atoms with Crippen molar-refractivity contribution in [2.75, 3.05) is 0 Å². The summed E-state index contributed by atoms with van der Waals surface area (Å²) in [5.74, 6) is 16.9. The quantitative estimate of drug-likeness (QED) is 0.222. The molecule has 0 unspecified atom stereocenters. The first-order valence-electron chi connectivity index (χ1n) is 12.0. The summed E-state index contributed by atoms with van der Waals surface area (Å²) in [6.07, 6.45) is 10.9. The van der Waals surface area contributed by atoms with Crippen LogP contribution in [0.25, 0.3) is 43.6 Å². The number of aromatic amines is 2. The molecule has 0 amide bonds. The number of hydrogen-bond acceptors (Lipinski definition) is 0. The van der Waals surface area contributed by atoms with E-state index >= 15 is 0 Å². The van der Waals surface area contributed by atoms with Gasteiger partial charge in [-0.05, 0) is 69.9 Å². The van der Waals surface area contributed by atoms with Crippen LogP contribution in [0.3, 0.4) is 0 Å². The zero-order chi connectivity index (χ0) is 25.8. The number of rotatable bonds is 0. The first kappa shape index (κ1) is 23.3. The van der Waals surface area contributed by atoms with Crippen molar-refractivity contribution in [3.8, 4) is 48.4 Å². The molecule has 2 nitrogen and oxygen atoms in total. The predicted molar refractivity (Wildman–Crippen MR) is 154 cm³/mol. The molecule has 5 rings (SSSR count). The van der Waals surface area contributed by atoms with Crippen LogP contribution in [0.1, 0.15) is 63.8 Å². The van der Waals surface area contributed by atoms with E-state index in [2.05, 4.69) is 123 Å². The van der Waals surface area contributed by atoms with E-state index in [1.807, 2.05) is 0 Å². The van der Waals surface area contributed by atoms with Gasteiger partial charge in [0.25, 0.3) is 0 Å². The highest BCUT2D eigenvalue weighted by Crippen LogP contribution is 2.39. The van der Waals surface area contributed by atoms with Crippen LogP contribution in [0.4, 0.5) is 0 Å². The van der Waals surface area contributed by atoms with E-state index in [-0.39, 0.29) is 10.8 Å². The van der Waals surface area contributed by atoms with Crippen molar-refractivity contribution in [3.05, 3.63) is 58.7 Å². The maximum Gasteiger partial charge on any atom is 0.0710 e. The molecule has 0 spiro atoms. The lowest BCUT2D eigenvalue weighted by Crippen LogP contribution is -2.11. The topological polar surface area (TPSA) is 31.6 Å². The Morgan fingerprint density at radius 3 is 1.28 bits per heavy atom. The maximum atomic E-state index is 5.47. The highest BCUT2D eigenvalue weighted by molar-refractivity contribution is 6.22. The van der Waals surface area contributed by atoms with Gasteiger partial charge in [-0.15, -0.1) is 12.8 Å². The Bertz CT molecular complexity index is 1780. The standard InChI is InChI=1S/C34H28N2/c1-9-11-13-21-17-23(33(3,4)5)19-27-25-15-16-26-28-20-24(34(6,7)8)18-22(14-12-10-2)30(28)36-32(26)31(25)35-29(21)27/h1-2,15-20,35-36H,3-8H3. The third-order valence-electron chi connectivity index (χ3n) is 6.83. The Labute approximate surface area is 212 Å². The van der Waals surface area contributed by atoms with Gasteiger partial charge in [-0.2, -0.15) is 0 Å². The molecule has 0 saturated heterocycles. The molecule has 5 aromatic rings. The molecule has 0 bridgehead atoms. The highest BCUT2D eigenvalue weighted by atomic mass is 14.8. The Kier molecular flexibility index (Phi) is 5.19. The monoisotopic (exact) mass is 464 g/mol. The van der Waals surface area contributed by atoms with Crippen LogP contribution in [0.15, 0.2) is 36.4 Å². The highest BCUT2D eigenvalue weighted by Gasteiger charge is 2.21. The van der Waals surface area contributed by atoms with Gasteiger partial charge in [-0.1, -0.05) is 65.5 Å². The Morgan fingerprint density at radius 1 is 0.556 bits per heavy atom. The molecule has 2 heteroatoms. The smallest absolute Gasteiger partial charge is 0.0710 e. The van der Waals surface area contributed by atoms with Gasteiger partial charge >= 0.3 is 0 Å². The minimum Gasteiger partial charge on any atom is -0.352 e. The normalized spacial score (nSPS) is 11.7. The molecule has 2 aromatic heterocycles. The van der Waals surface area contributed by atoms with Crippen molar-refractivity contribution < 1.29 is 0 Å². The number of hydrogen-bond donors (Lipinski definition) is 2. The fourth-order valence-corrected chi connectivity index (χ4v) is 4.81. The van der Waals surface area contributed by atoms with E-state index in [0.29, 0.717) is 0 Å². The number of nitrogens with one attached hydrogen (secondary N) is 2. The van der Waals surface area contributed by atoms with Gasteiger partial charge in [0.2, 0.25) is 0 Å². The number of H-pyrrole nitrogens is 2. The number of benzene rings is 3. The first-order valence-corrected chi connectivity index (χ1v) is 12.0. The summed E-state index contributed by atoms with van der Waals surface area (Å²) in [6.45, 7) is 13.3. The number of aromatic nitrogens is 2. The Morgan fingerprint density at radius 2 is 0.944 bits per heavy atom. The average molecular weight is 465 g/mol. The van der Waals surface area contributed by atoms with E-state index in [1.54, 1.807) is 0 Å². The van der Waals surface area contributed by atoms with Crippen LogP contribution in [0.2, 0.25) is 0 Å². The molecule has 2 heterocycles. The maximum absolute atomic E-state index is 5.47. The lowest BCUT2D eigenvalue weighted by Gasteiger charge is -2.19. The molecule has 36 heavy (non-hydrogen) atoms. The Balaban J connectivity index is 1.93. The number of terminal acetylenes is 2. The fourth-order valence-electron chi connectivity index (χ4n) is 4.81. The van der Waals surface area contributed by atoms with E-state index in [9.17, 15) is 0 Å². The molecule has 0 saturated carbocycles. The van der Waals surface area contributed by atoms with Gasteiger partial charge < -0.3 is 9.97 Å². The second-order valence-electron chi connectivity index (χ2n) is 11.3.